The highest BCUT2D eigenvalue weighted by atomic mass is 32.2. The summed E-state index contributed by atoms with van der Waals surface area (Å²) in [6, 6.07) is 13.7. The minimum absolute atomic E-state index is 0.230. The number of carbonyl (C=O) groups excluding carboxylic acids is 1. The SMILES string of the molecule is COc1cc(F)ccc1N=C1NC(=O)C(=Cc2ccc3ncccc3c2)S1. The summed E-state index contributed by atoms with van der Waals surface area (Å²) in [4.78, 5) is 21.4. The highest BCUT2D eigenvalue weighted by Crippen LogP contribution is 2.32. The van der Waals surface area contributed by atoms with Gasteiger partial charge in [0.2, 0.25) is 0 Å². The molecule has 1 saturated heterocycles. The van der Waals surface area contributed by atoms with E-state index in [1.165, 1.54) is 37.1 Å². The normalized spacial score (nSPS) is 16.9. The van der Waals surface area contributed by atoms with Crippen molar-refractivity contribution in [2.45, 2.75) is 0 Å². The van der Waals surface area contributed by atoms with Gasteiger partial charge in [0, 0.05) is 17.6 Å². The number of nitrogens with zero attached hydrogens (tertiary/aromatic N) is 2. The van der Waals surface area contributed by atoms with E-state index in [2.05, 4.69) is 15.3 Å². The Morgan fingerprint density at radius 2 is 2.11 bits per heavy atom. The maximum absolute atomic E-state index is 13.3. The fraction of sp³-hybridized carbons (Fsp3) is 0.0500. The lowest BCUT2D eigenvalue weighted by molar-refractivity contribution is -0.115. The zero-order chi connectivity index (χ0) is 18.8. The van der Waals surface area contributed by atoms with Gasteiger partial charge in [0.15, 0.2) is 5.17 Å². The Kier molecular flexibility index (Phi) is 4.60. The van der Waals surface area contributed by atoms with Crippen LogP contribution >= 0.6 is 11.8 Å². The first-order valence-corrected chi connectivity index (χ1v) is 8.92. The highest BCUT2D eigenvalue weighted by Gasteiger charge is 2.24. The zero-order valence-corrected chi connectivity index (χ0v) is 15.1. The molecule has 3 aromatic rings. The van der Waals surface area contributed by atoms with Crippen LogP contribution in [0.15, 0.2) is 64.6 Å². The second-order valence-electron chi connectivity index (χ2n) is 5.75. The number of ether oxygens (including phenoxy) is 1. The molecule has 1 aliphatic heterocycles. The Bertz CT molecular complexity index is 1110. The van der Waals surface area contributed by atoms with E-state index in [0.29, 0.717) is 21.5 Å². The molecular formula is C20H14FN3O2S. The lowest BCUT2D eigenvalue weighted by Crippen LogP contribution is -2.19. The number of aliphatic imine (C=N–C) groups is 1. The third-order valence-electron chi connectivity index (χ3n) is 3.94. The number of halogens is 1. The molecule has 2 aromatic carbocycles. The first kappa shape index (κ1) is 17.2. The molecule has 2 heterocycles. The molecule has 1 amide bonds. The van der Waals surface area contributed by atoms with Crippen molar-refractivity contribution < 1.29 is 13.9 Å². The Morgan fingerprint density at radius 1 is 1.22 bits per heavy atom. The van der Waals surface area contributed by atoms with Gasteiger partial charge < -0.3 is 10.1 Å². The van der Waals surface area contributed by atoms with Crippen LogP contribution in [0, 0.1) is 5.82 Å². The smallest absolute Gasteiger partial charge is 0.264 e. The maximum atomic E-state index is 13.3. The Labute approximate surface area is 159 Å². The summed E-state index contributed by atoms with van der Waals surface area (Å²) in [7, 11) is 1.44. The molecule has 134 valence electrons. The molecule has 0 radical (unpaired) electrons. The number of methoxy groups -OCH3 is 1. The maximum Gasteiger partial charge on any atom is 0.264 e. The van der Waals surface area contributed by atoms with Crippen LogP contribution < -0.4 is 10.1 Å². The number of fused-ring (bicyclic) bond motifs is 1. The average Bonchev–Trinajstić information content (AvgIpc) is 3.02. The molecule has 27 heavy (non-hydrogen) atoms. The largest absolute Gasteiger partial charge is 0.494 e. The Morgan fingerprint density at radius 3 is 2.96 bits per heavy atom. The van der Waals surface area contributed by atoms with Crippen LogP contribution in [0.5, 0.6) is 5.75 Å². The molecular weight excluding hydrogens is 365 g/mol. The molecule has 5 nitrogen and oxygen atoms in total. The first-order valence-electron chi connectivity index (χ1n) is 8.10. The van der Waals surface area contributed by atoms with E-state index in [0.717, 1.165) is 16.5 Å². The standard InChI is InChI=1S/C20H14FN3O2S/c1-26-17-11-14(21)5-7-16(17)23-20-24-19(25)18(27-20)10-12-4-6-15-13(9-12)3-2-8-22-15/h2-11H,1H3,(H,23,24,25). The van der Waals surface area contributed by atoms with Crippen molar-refractivity contribution in [2.75, 3.05) is 7.11 Å². The van der Waals surface area contributed by atoms with Crippen molar-refractivity contribution in [3.63, 3.8) is 0 Å². The van der Waals surface area contributed by atoms with Crippen molar-refractivity contribution in [1.29, 1.82) is 0 Å². The molecule has 0 saturated carbocycles. The van der Waals surface area contributed by atoms with E-state index in [9.17, 15) is 9.18 Å². The van der Waals surface area contributed by atoms with E-state index < -0.39 is 5.82 Å². The predicted molar refractivity (Wildman–Crippen MR) is 106 cm³/mol. The molecule has 0 spiro atoms. The van der Waals surface area contributed by atoms with Crippen LogP contribution in [0.2, 0.25) is 0 Å². The van der Waals surface area contributed by atoms with Gasteiger partial charge in [-0.15, -0.1) is 0 Å². The Hall–Kier alpha value is -3.19. The summed E-state index contributed by atoms with van der Waals surface area (Å²) in [5.74, 6) is -0.340. The third kappa shape index (κ3) is 3.68. The average molecular weight is 379 g/mol. The van der Waals surface area contributed by atoms with Gasteiger partial charge in [-0.3, -0.25) is 9.78 Å². The lowest BCUT2D eigenvalue weighted by atomic mass is 10.1. The van der Waals surface area contributed by atoms with Crippen LogP contribution in [-0.2, 0) is 4.79 Å². The number of thioether (sulfide) groups is 1. The summed E-state index contributed by atoms with van der Waals surface area (Å²) in [5, 5.41) is 4.14. The fourth-order valence-electron chi connectivity index (χ4n) is 2.67. The number of pyridine rings is 1. The van der Waals surface area contributed by atoms with Gasteiger partial charge in [-0.25, -0.2) is 9.38 Å². The number of benzene rings is 2. The first-order chi connectivity index (χ1) is 13.1. The van der Waals surface area contributed by atoms with E-state index in [1.807, 2.05) is 30.3 Å². The van der Waals surface area contributed by atoms with Crippen molar-refractivity contribution >= 4 is 45.5 Å². The van der Waals surface area contributed by atoms with E-state index in [1.54, 1.807) is 12.3 Å². The number of amides is 1. The number of carbonyl (C=O) groups is 1. The van der Waals surface area contributed by atoms with Gasteiger partial charge in [0.1, 0.15) is 17.3 Å². The van der Waals surface area contributed by atoms with Crippen LogP contribution in [0.25, 0.3) is 17.0 Å². The van der Waals surface area contributed by atoms with Gasteiger partial charge in [-0.05, 0) is 53.7 Å². The van der Waals surface area contributed by atoms with E-state index in [4.69, 9.17) is 4.74 Å². The third-order valence-corrected chi connectivity index (χ3v) is 4.85. The van der Waals surface area contributed by atoms with Crippen LogP contribution in [0.1, 0.15) is 5.56 Å². The molecule has 0 bridgehead atoms. The number of hydrogen-bond donors (Lipinski definition) is 1. The van der Waals surface area contributed by atoms with Gasteiger partial charge in [0.25, 0.3) is 5.91 Å². The molecule has 7 heteroatoms. The van der Waals surface area contributed by atoms with Crippen molar-refractivity contribution in [3.05, 3.63) is 71.0 Å². The number of nitrogens with one attached hydrogen (secondary N) is 1. The molecule has 1 N–H and O–H groups in total. The topological polar surface area (TPSA) is 63.6 Å². The quantitative estimate of drug-likeness (QED) is 0.690. The van der Waals surface area contributed by atoms with Crippen LogP contribution in [0.3, 0.4) is 0 Å². The summed E-state index contributed by atoms with van der Waals surface area (Å²) >= 11 is 1.22. The van der Waals surface area contributed by atoms with E-state index >= 15 is 0 Å². The second kappa shape index (κ2) is 7.20. The van der Waals surface area contributed by atoms with Crippen molar-refractivity contribution in [3.8, 4) is 5.75 Å². The van der Waals surface area contributed by atoms with Gasteiger partial charge >= 0.3 is 0 Å². The van der Waals surface area contributed by atoms with Crippen LogP contribution in [-0.4, -0.2) is 23.2 Å². The molecule has 1 aliphatic rings. The lowest BCUT2D eigenvalue weighted by Gasteiger charge is -2.04. The minimum atomic E-state index is -0.412. The van der Waals surface area contributed by atoms with Gasteiger partial charge in [-0.2, -0.15) is 0 Å². The zero-order valence-electron chi connectivity index (χ0n) is 14.3. The van der Waals surface area contributed by atoms with Crippen molar-refractivity contribution in [1.82, 2.24) is 10.3 Å². The summed E-state index contributed by atoms with van der Waals surface area (Å²) in [6.07, 6.45) is 3.55. The minimum Gasteiger partial charge on any atom is -0.494 e. The van der Waals surface area contributed by atoms with Crippen LogP contribution in [0.4, 0.5) is 10.1 Å². The van der Waals surface area contributed by atoms with Crippen molar-refractivity contribution in [2.24, 2.45) is 4.99 Å². The number of hydrogen-bond acceptors (Lipinski definition) is 5. The Balaban J connectivity index is 1.62. The molecule has 1 aromatic heterocycles. The molecule has 1 fully saturated rings. The number of amidine groups is 1. The summed E-state index contributed by atoms with van der Waals surface area (Å²) < 4.78 is 18.4. The second-order valence-corrected chi connectivity index (χ2v) is 6.78. The summed E-state index contributed by atoms with van der Waals surface area (Å²) in [5.41, 5.74) is 2.24. The molecule has 0 aliphatic carbocycles. The molecule has 4 rings (SSSR count). The molecule has 0 atom stereocenters. The highest BCUT2D eigenvalue weighted by molar-refractivity contribution is 8.18. The van der Waals surface area contributed by atoms with Gasteiger partial charge in [0.05, 0.1) is 17.5 Å². The summed E-state index contributed by atoms with van der Waals surface area (Å²) in [6.45, 7) is 0. The monoisotopic (exact) mass is 379 g/mol. The van der Waals surface area contributed by atoms with Gasteiger partial charge in [-0.1, -0.05) is 12.1 Å². The van der Waals surface area contributed by atoms with E-state index in [-0.39, 0.29) is 5.91 Å². The number of rotatable bonds is 3. The predicted octanol–water partition coefficient (Wildman–Crippen LogP) is 4.27. The molecule has 0 unspecified atom stereocenters. The fourth-order valence-corrected chi connectivity index (χ4v) is 3.50. The number of aromatic nitrogens is 1.